The fraction of sp³-hybridized carbons (Fsp3) is 0.0833. The molecule has 0 N–H and O–H groups in total. The third-order valence-corrected chi connectivity index (χ3v) is 5.07. The topological polar surface area (TPSA) is 12.4 Å². The first-order chi connectivity index (χ1) is 7.88. The first kappa shape index (κ1) is 10.4. The zero-order valence-corrected chi connectivity index (χ0v) is 11.1. The molecule has 0 radical (unpaired) electrons. The molecule has 0 bridgehead atoms. The van der Waals surface area contributed by atoms with Gasteiger partial charge in [0, 0.05) is 26.1 Å². The number of benzene rings is 1. The van der Waals surface area contributed by atoms with Crippen LogP contribution in [-0.2, 0) is 0 Å². The minimum atomic E-state index is 1.08. The van der Waals surface area contributed by atoms with Gasteiger partial charge in [0.05, 0.1) is 5.69 Å². The number of nitrogens with zero attached hydrogens (tertiary/aromatic N) is 1. The van der Waals surface area contributed by atoms with Gasteiger partial charge in [-0.2, -0.15) is 11.3 Å². The second kappa shape index (κ2) is 4.28. The summed E-state index contributed by atoms with van der Waals surface area (Å²) in [4.78, 5) is 7.30. The maximum Gasteiger partial charge on any atom is 0.106 e. The van der Waals surface area contributed by atoms with Gasteiger partial charge >= 0.3 is 0 Å². The highest BCUT2D eigenvalue weighted by molar-refractivity contribution is 8.14. The van der Waals surface area contributed by atoms with Gasteiger partial charge in [-0.15, -0.1) is 11.8 Å². The summed E-state index contributed by atoms with van der Waals surface area (Å²) in [6, 6.07) is 8.32. The first-order valence-electron chi connectivity index (χ1n) is 4.84. The molecule has 2 aromatic rings. The molecule has 0 unspecified atom stereocenters. The lowest BCUT2D eigenvalue weighted by atomic mass is 10.3. The summed E-state index contributed by atoms with van der Waals surface area (Å²) in [6.07, 6.45) is 2.08. The van der Waals surface area contributed by atoms with Gasteiger partial charge in [0.25, 0.3) is 0 Å². The smallest absolute Gasteiger partial charge is 0.106 e. The highest BCUT2D eigenvalue weighted by Crippen LogP contribution is 2.42. The summed E-state index contributed by atoms with van der Waals surface area (Å²) in [5.74, 6) is 0. The van der Waals surface area contributed by atoms with Gasteiger partial charge in [-0.3, -0.25) is 0 Å². The quantitative estimate of drug-likeness (QED) is 0.685. The predicted octanol–water partition coefficient (Wildman–Crippen LogP) is 4.65. The van der Waals surface area contributed by atoms with Crippen molar-refractivity contribution < 1.29 is 0 Å². The Hall–Kier alpha value is -0.710. The van der Waals surface area contributed by atoms with Crippen LogP contribution in [0.4, 0.5) is 5.69 Å². The Morgan fingerprint density at radius 2 is 2.00 bits per heavy atom. The normalized spacial score (nSPS) is 13.7. The van der Waals surface area contributed by atoms with Gasteiger partial charge in [-0.05, 0) is 18.4 Å². The summed E-state index contributed by atoms with van der Waals surface area (Å²) >= 11 is 5.27. The molecule has 1 nitrogen and oxygen atoms in total. The van der Waals surface area contributed by atoms with E-state index >= 15 is 0 Å². The zero-order valence-electron chi connectivity index (χ0n) is 8.64. The van der Waals surface area contributed by atoms with Gasteiger partial charge in [-0.1, -0.05) is 23.9 Å². The Bertz CT molecular complexity index is 557. The number of hydrogen-bond acceptors (Lipinski definition) is 4. The van der Waals surface area contributed by atoms with Crippen LogP contribution in [0.5, 0.6) is 0 Å². The Morgan fingerprint density at radius 1 is 1.12 bits per heavy atom. The number of fused-ring (bicyclic) bond motifs is 2. The lowest BCUT2D eigenvalue weighted by molar-refractivity contribution is 1.39. The van der Waals surface area contributed by atoms with Crippen LogP contribution in [0.1, 0.15) is 5.56 Å². The molecule has 0 saturated heterocycles. The Kier molecular flexibility index (Phi) is 2.79. The van der Waals surface area contributed by atoms with Gasteiger partial charge in [0.2, 0.25) is 0 Å². The lowest BCUT2D eigenvalue weighted by Crippen LogP contribution is -1.91. The van der Waals surface area contributed by atoms with Crippen molar-refractivity contribution in [1.29, 1.82) is 0 Å². The van der Waals surface area contributed by atoms with Gasteiger partial charge in [-0.25, -0.2) is 4.99 Å². The SMILES string of the molecule is CSC1=Nc2ccccc2Sc2cscc21. The zero-order chi connectivity index (χ0) is 11.0. The van der Waals surface area contributed by atoms with Crippen LogP contribution < -0.4 is 0 Å². The molecule has 0 amide bonds. The predicted molar refractivity (Wildman–Crippen MR) is 74.6 cm³/mol. The van der Waals surface area contributed by atoms with Crippen LogP contribution in [-0.4, -0.2) is 11.3 Å². The minimum absolute atomic E-state index is 1.08. The summed E-state index contributed by atoms with van der Waals surface area (Å²) in [7, 11) is 0. The van der Waals surface area contributed by atoms with Gasteiger partial charge < -0.3 is 0 Å². The summed E-state index contributed by atoms with van der Waals surface area (Å²) in [5, 5.41) is 5.51. The van der Waals surface area contributed by atoms with E-state index in [1.54, 1.807) is 23.1 Å². The van der Waals surface area contributed by atoms with E-state index < -0.39 is 0 Å². The number of thiophene rings is 1. The van der Waals surface area contributed by atoms with Crippen molar-refractivity contribution in [3.8, 4) is 0 Å². The number of rotatable bonds is 0. The van der Waals surface area contributed by atoms with E-state index in [9.17, 15) is 0 Å². The van der Waals surface area contributed by atoms with Crippen LogP contribution >= 0.6 is 34.9 Å². The molecule has 1 aromatic carbocycles. The fourth-order valence-corrected chi connectivity index (χ4v) is 4.31. The van der Waals surface area contributed by atoms with Crippen LogP contribution in [0.2, 0.25) is 0 Å². The van der Waals surface area contributed by atoms with Crippen molar-refractivity contribution in [2.24, 2.45) is 4.99 Å². The maximum absolute atomic E-state index is 4.74. The van der Waals surface area contributed by atoms with Crippen molar-refractivity contribution in [1.82, 2.24) is 0 Å². The number of aliphatic imine (C=N–C) groups is 1. The van der Waals surface area contributed by atoms with Crippen molar-refractivity contribution in [2.75, 3.05) is 6.26 Å². The molecule has 16 heavy (non-hydrogen) atoms. The standard InChI is InChI=1S/C12H9NS3/c1-14-12-8-6-15-7-11(8)16-10-5-3-2-4-9(10)13-12/h2-7H,1H3. The monoisotopic (exact) mass is 263 g/mol. The van der Waals surface area contributed by atoms with E-state index in [-0.39, 0.29) is 0 Å². The summed E-state index contributed by atoms with van der Waals surface area (Å²) in [6.45, 7) is 0. The molecule has 1 aliphatic rings. The van der Waals surface area contributed by atoms with E-state index in [1.165, 1.54) is 15.4 Å². The molecule has 0 fully saturated rings. The average molecular weight is 263 g/mol. The molecule has 0 saturated carbocycles. The van der Waals surface area contributed by atoms with Gasteiger partial charge in [0.1, 0.15) is 5.04 Å². The lowest BCUT2D eigenvalue weighted by Gasteiger charge is -2.00. The second-order valence-corrected chi connectivity index (χ2v) is 5.96. The molecule has 4 heteroatoms. The molecule has 80 valence electrons. The molecule has 2 heterocycles. The molecule has 0 aliphatic carbocycles. The molecule has 0 atom stereocenters. The summed E-state index contributed by atoms with van der Waals surface area (Å²) < 4.78 is 0. The van der Waals surface area contributed by atoms with Crippen molar-refractivity contribution in [3.63, 3.8) is 0 Å². The highest BCUT2D eigenvalue weighted by atomic mass is 32.2. The first-order valence-corrected chi connectivity index (χ1v) is 7.83. The highest BCUT2D eigenvalue weighted by Gasteiger charge is 2.17. The second-order valence-electron chi connectivity index (χ2n) is 3.34. The Morgan fingerprint density at radius 3 is 2.88 bits per heavy atom. The molecular formula is C12H9NS3. The number of para-hydroxylation sites is 1. The van der Waals surface area contributed by atoms with Crippen LogP contribution in [0, 0.1) is 0 Å². The van der Waals surface area contributed by atoms with Crippen molar-refractivity contribution in [2.45, 2.75) is 9.79 Å². The molecular weight excluding hydrogens is 254 g/mol. The largest absolute Gasteiger partial charge is 0.240 e. The molecule has 0 spiro atoms. The van der Waals surface area contributed by atoms with Crippen LogP contribution in [0.25, 0.3) is 0 Å². The molecule has 1 aliphatic heterocycles. The Balaban J connectivity index is 2.23. The van der Waals surface area contributed by atoms with Crippen molar-refractivity contribution in [3.05, 3.63) is 40.6 Å². The molecule has 1 aromatic heterocycles. The van der Waals surface area contributed by atoms with Crippen LogP contribution in [0.3, 0.4) is 0 Å². The third-order valence-electron chi connectivity index (χ3n) is 2.36. The van der Waals surface area contributed by atoms with Crippen molar-refractivity contribution >= 4 is 45.6 Å². The third kappa shape index (κ3) is 1.71. The van der Waals surface area contributed by atoms with E-state index in [1.807, 2.05) is 17.8 Å². The van der Waals surface area contributed by atoms with Crippen LogP contribution in [0.15, 0.2) is 49.8 Å². The van der Waals surface area contributed by atoms with E-state index in [0.717, 1.165) is 10.7 Å². The number of thioether (sulfide) groups is 1. The molecule has 3 rings (SSSR count). The van der Waals surface area contributed by atoms with Gasteiger partial charge in [0.15, 0.2) is 0 Å². The fourth-order valence-electron chi connectivity index (χ4n) is 1.60. The van der Waals surface area contributed by atoms with E-state index in [2.05, 4.69) is 35.2 Å². The number of hydrogen-bond donors (Lipinski definition) is 0. The van der Waals surface area contributed by atoms with E-state index in [0.29, 0.717) is 0 Å². The minimum Gasteiger partial charge on any atom is -0.240 e. The van der Waals surface area contributed by atoms with E-state index in [4.69, 9.17) is 4.99 Å². The maximum atomic E-state index is 4.74. The summed E-state index contributed by atoms with van der Waals surface area (Å²) in [5.41, 5.74) is 2.36. The Labute approximate surface area is 107 Å². The average Bonchev–Trinajstić information content (AvgIpc) is 2.70.